The Labute approximate surface area is 158 Å². The minimum Gasteiger partial charge on any atom is -0.350 e. The van der Waals surface area contributed by atoms with Crippen LogP contribution in [0.5, 0.6) is 0 Å². The van der Waals surface area contributed by atoms with E-state index in [1.807, 2.05) is 0 Å². The van der Waals surface area contributed by atoms with Crippen LogP contribution in [0, 0.1) is 5.82 Å². The molecule has 0 aliphatic carbocycles. The number of nitrogens with zero attached hydrogens (tertiary/aromatic N) is 1. The van der Waals surface area contributed by atoms with Crippen molar-refractivity contribution in [3.05, 3.63) is 69.6 Å². The number of benzene rings is 2. The lowest BCUT2D eigenvalue weighted by atomic mass is 10.1. The average Bonchev–Trinajstić information content (AvgIpc) is 2.81. The number of ketones is 1. The molecule has 2 aromatic rings. The summed E-state index contributed by atoms with van der Waals surface area (Å²) in [5, 5.41) is 2.26. The summed E-state index contributed by atoms with van der Waals surface area (Å²) in [6, 6.07) is 9.81. The molecule has 0 aromatic heterocycles. The predicted molar refractivity (Wildman–Crippen MR) is 96.9 cm³/mol. The number of Topliss-reactive ketones (excluding diaryl/α,β-unsaturated/α-hetero) is 1. The summed E-state index contributed by atoms with van der Waals surface area (Å²) in [5.74, 6) is -2.21. The van der Waals surface area contributed by atoms with Gasteiger partial charge in [0.25, 0.3) is 11.8 Å². The highest BCUT2D eigenvalue weighted by Gasteiger charge is 2.39. The van der Waals surface area contributed by atoms with Crippen LogP contribution in [-0.4, -0.2) is 17.6 Å². The number of rotatable bonds is 4. The molecule has 0 fully saturated rings. The van der Waals surface area contributed by atoms with Crippen LogP contribution >= 0.6 is 23.2 Å². The van der Waals surface area contributed by atoms with Crippen LogP contribution in [-0.2, 0) is 9.59 Å². The van der Waals surface area contributed by atoms with E-state index in [0.717, 1.165) is 11.0 Å². The Morgan fingerprint density at radius 3 is 2.27 bits per heavy atom. The molecule has 1 aliphatic heterocycles. The molecule has 0 radical (unpaired) electrons. The van der Waals surface area contributed by atoms with Gasteiger partial charge in [0.15, 0.2) is 5.78 Å². The SMILES string of the molecule is CC(=O)c1ccc(NC2=C(Cl)C(=O)N(c3ccc(F)c(Cl)c3)C2=O)cc1. The van der Waals surface area contributed by atoms with Crippen molar-refractivity contribution in [2.24, 2.45) is 0 Å². The molecular formula is C18H11Cl2FN2O3. The number of amides is 2. The molecular weight excluding hydrogens is 382 g/mol. The van der Waals surface area contributed by atoms with Crippen LogP contribution in [0.15, 0.2) is 53.2 Å². The highest BCUT2D eigenvalue weighted by molar-refractivity contribution is 6.53. The third-order valence-electron chi connectivity index (χ3n) is 3.75. The molecule has 0 atom stereocenters. The number of carbonyl (C=O) groups is 3. The third kappa shape index (κ3) is 3.21. The Hall–Kier alpha value is -2.70. The van der Waals surface area contributed by atoms with Crippen molar-refractivity contribution in [2.45, 2.75) is 6.92 Å². The van der Waals surface area contributed by atoms with Crippen molar-refractivity contribution in [3.63, 3.8) is 0 Å². The highest BCUT2D eigenvalue weighted by Crippen LogP contribution is 2.32. The standard InChI is InChI=1S/C18H11Cl2FN2O3/c1-9(24)10-2-4-11(5-3-10)22-16-15(20)17(25)23(18(16)26)12-6-7-14(21)13(19)8-12/h2-8,22H,1H3. The van der Waals surface area contributed by atoms with Crippen LogP contribution in [0.1, 0.15) is 17.3 Å². The molecule has 2 aromatic carbocycles. The second-order valence-electron chi connectivity index (χ2n) is 5.49. The van der Waals surface area contributed by atoms with Crippen LogP contribution in [0.2, 0.25) is 5.02 Å². The minimum absolute atomic E-state index is 0.0970. The van der Waals surface area contributed by atoms with Crippen LogP contribution in [0.3, 0.4) is 0 Å². The lowest BCUT2D eigenvalue weighted by molar-refractivity contribution is -0.120. The molecule has 132 valence electrons. The largest absolute Gasteiger partial charge is 0.350 e. The minimum atomic E-state index is -0.748. The summed E-state index contributed by atoms with van der Waals surface area (Å²) >= 11 is 11.7. The summed E-state index contributed by atoms with van der Waals surface area (Å²) in [6.45, 7) is 1.44. The molecule has 1 heterocycles. The summed E-state index contributed by atoms with van der Waals surface area (Å²) < 4.78 is 13.3. The van der Waals surface area contributed by atoms with Gasteiger partial charge in [-0.1, -0.05) is 23.2 Å². The lowest BCUT2D eigenvalue weighted by Crippen LogP contribution is -2.32. The molecule has 0 saturated heterocycles. The topological polar surface area (TPSA) is 66.5 Å². The van der Waals surface area contributed by atoms with Gasteiger partial charge in [0.05, 0.1) is 10.7 Å². The van der Waals surface area contributed by atoms with Gasteiger partial charge in [-0.25, -0.2) is 9.29 Å². The van der Waals surface area contributed by atoms with Crippen molar-refractivity contribution >= 4 is 52.2 Å². The van der Waals surface area contributed by atoms with E-state index in [-0.39, 0.29) is 27.2 Å². The first kappa shape index (κ1) is 18.1. The number of halogens is 3. The number of imide groups is 1. The maximum absolute atomic E-state index is 13.3. The first-order valence-corrected chi connectivity index (χ1v) is 8.17. The van der Waals surface area contributed by atoms with Gasteiger partial charge in [0.1, 0.15) is 16.5 Å². The molecule has 1 aliphatic rings. The molecule has 26 heavy (non-hydrogen) atoms. The highest BCUT2D eigenvalue weighted by atomic mass is 35.5. The van der Waals surface area contributed by atoms with E-state index < -0.39 is 17.6 Å². The first-order chi connectivity index (χ1) is 12.3. The van der Waals surface area contributed by atoms with Crippen LogP contribution in [0.4, 0.5) is 15.8 Å². The van der Waals surface area contributed by atoms with Crippen molar-refractivity contribution < 1.29 is 18.8 Å². The molecule has 0 bridgehead atoms. The molecule has 5 nitrogen and oxygen atoms in total. The van der Waals surface area contributed by atoms with E-state index in [2.05, 4.69) is 5.32 Å². The van der Waals surface area contributed by atoms with Gasteiger partial charge < -0.3 is 5.32 Å². The normalized spacial score (nSPS) is 14.2. The van der Waals surface area contributed by atoms with Gasteiger partial charge in [0, 0.05) is 11.3 Å². The van der Waals surface area contributed by atoms with E-state index >= 15 is 0 Å². The number of hydrogen-bond donors (Lipinski definition) is 1. The maximum atomic E-state index is 13.3. The van der Waals surface area contributed by atoms with Crippen molar-refractivity contribution in [1.82, 2.24) is 0 Å². The third-order valence-corrected chi connectivity index (χ3v) is 4.39. The Morgan fingerprint density at radius 1 is 1.04 bits per heavy atom. The molecule has 8 heteroatoms. The maximum Gasteiger partial charge on any atom is 0.283 e. The molecule has 0 spiro atoms. The zero-order chi connectivity index (χ0) is 19.0. The zero-order valence-electron chi connectivity index (χ0n) is 13.3. The number of anilines is 2. The van der Waals surface area contributed by atoms with Crippen molar-refractivity contribution in [1.29, 1.82) is 0 Å². The number of hydrogen-bond acceptors (Lipinski definition) is 4. The Kier molecular flexibility index (Phi) is 4.80. The predicted octanol–water partition coefficient (Wildman–Crippen LogP) is 4.12. The van der Waals surface area contributed by atoms with Crippen molar-refractivity contribution in [3.8, 4) is 0 Å². The monoisotopic (exact) mass is 392 g/mol. The van der Waals surface area contributed by atoms with Gasteiger partial charge in [-0.05, 0) is 49.4 Å². The fraction of sp³-hybridized carbons (Fsp3) is 0.0556. The average molecular weight is 393 g/mol. The molecule has 1 N–H and O–H groups in total. The van der Waals surface area contributed by atoms with Crippen molar-refractivity contribution in [2.75, 3.05) is 10.2 Å². The zero-order valence-corrected chi connectivity index (χ0v) is 14.9. The number of carbonyl (C=O) groups excluding carboxylic acids is 3. The van der Waals surface area contributed by atoms with E-state index in [0.29, 0.717) is 11.3 Å². The first-order valence-electron chi connectivity index (χ1n) is 7.41. The lowest BCUT2D eigenvalue weighted by Gasteiger charge is -2.15. The summed E-state index contributed by atoms with van der Waals surface area (Å²) in [7, 11) is 0. The molecule has 0 saturated carbocycles. The Bertz CT molecular complexity index is 971. The van der Waals surface area contributed by atoms with Gasteiger partial charge in [-0.2, -0.15) is 0 Å². The van der Waals surface area contributed by atoms with Gasteiger partial charge in [-0.3, -0.25) is 14.4 Å². The van der Waals surface area contributed by atoms with E-state index in [4.69, 9.17) is 23.2 Å². The molecule has 2 amide bonds. The molecule has 0 unspecified atom stereocenters. The summed E-state index contributed by atoms with van der Waals surface area (Å²) in [4.78, 5) is 37.1. The fourth-order valence-corrected chi connectivity index (χ4v) is 2.79. The summed E-state index contributed by atoms with van der Waals surface area (Å²) in [5.41, 5.74) is 0.969. The summed E-state index contributed by atoms with van der Waals surface area (Å²) in [6.07, 6.45) is 0. The fourth-order valence-electron chi connectivity index (χ4n) is 2.40. The second-order valence-corrected chi connectivity index (χ2v) is 6.28. The Morgan fingerprint density at radius 2 is 1.69 bits per heavy atom. The van der Waals surface area contributed by atoms with Gasteiger partial charge >= 0.3 is 0 Å². The van der Waals surface area contributed by atoms with Crippen LogP contribution in [0.25, 0.3) is 0 Å². The van der Waals surface area contributed by atoms with E-state index in [1.165, 1.54) is 19.1 Å². The van der Waals surface area contributed by atoms with Gasteiger partial charge in [-0.15, -0.1) is 0 Å². The van der Waals surface area contributed by atoms with Gasteiger partial charge in [0.2, 0.25) is 0 Å². The Balaban J connectivity index is 1.88. The molecule has 3 rings (SSSR count). The number of nitrogens with one attached hydrogen (secondary N) is 1. The van der Waals surface area contributed by atoms with E-state index in [9.17, 15) is 18.8 Å². The van der Waals surface area contributed by atoms with E-state index in [1.54, 1.807) is 24.3 Å². The van der Waals surface area contributed by atoms with Crippen LogP contribution < -0.4 is 10.2 Å². The second kappa shape index (κ2) is 6.90. The quantitative estimate of drug-likeness (QED) is 0.627. The smallest absolute Gasteiger partial charge is 0.283 e.